The van der Waals surface area contributed by atoms with E-state index in [1.165, 1.54) is 0 Å². The summed E-state index contributed by atoms with van der Waals surface area (Å²) in [5, 5.41) is 0.828. The van der Waals surface area contributed by atoms with Crippen LogP contribution in [0.5, 0.6) is 5.75 Å². The van der Waals surface area contributed by atoms with Crippen LogP contribution in [0.25, 0.3) is 0 Å². The summed E-state index contributed by atoms with van der Waals surface area (Å²) in [4.78, 5) is 0.599. The second-order valence-electron chi connectivity index (χ2n) is 3.58. The average molecular weight is 334 g/mol. The first-order valence-corrected chi connectivity index (χ1v) is 9.12. The van der Waals surface area contributed by atoms with E-state index in [9.17, 15) is 4.57 Å². The Morgan fingerprint density at radius 3 is 2.21 bits per heavy atom. The van der Waals surface area contributed by atoms with E-state index in [1.807, 2.05) is 0 Å². The summed E-state index contributed by atoms with van der Waals surface area (Å²) in [6.07, 6.45) is 0. The predicted octanol–water partition coefficient (Wildman–Crippen LogP) is 5.23. The highest BCUT2D eigenvalue weighted by atomic mass is 35.5. The van der Waals surface area contributed by atoms with Crippen LogP contribution in [0.4, 0.5) is 0 Å². The van der Waals surface area contributed by atoms with Crippen LogP contribution in [0.15, 0.2) is 53.4 Å². The first kappa shape index (κ1) is 14.8. The third kappa shape index (κ3) is 4.16. The fraction of sp³-hybridized carbons (Fsp3) is 0. The molecule has 0 saturated carbocycles. The molecular formula is C12H10Cl2NO2PS. The molecule has 0 spiro atoms. The van der Waals surface area contributed by atoms with Crippen LogP contribution in [0.3, 0.4) is 0 Å². The molecule has 2 aromatic carbocycles. The summed E-state index contributed by atoms with van der Waals surface area (Å²) in [7, 11) is 0. The molecule has 0 saturated heterocycles. The van der Waals surface area contributed by atoms with Crippen LogP contribution in [-0.4, -0.2) is 0 Å². The maximum absolute atomic E-state index is 12.3. The molecule has 100 valence electrons. The smallest absolute Gasteiger partial charge is 0.376 e. The first-order valence-electron chi connectivity index (χ1n) is 5.25. The van der Waals surface area contributed by atoms with Crippen molar-refractivity contribution in [3.05, 3.63) is 58.6 Å². The second kappa shape index (κ2) is 6.21. The molecule has 2 rings (SSSR count). The normalized spacial score (nSPS) is 13.8. The van der Waals surface area contributed by atoms with Gasteiger partial charge in [-0.05, 0) is 35.6 Å². The van der Waals surface area contributed by atoms with Crippen molar-refractivity contribution < 1.29 is 9.09 Å². The second-order valence-corrected chi connectivity index (χ2v) is 8.36. The average Bonchev–Trinajstić information content (AvgIpc) is 2.35. The number of hydrogen-bond acceptors (Lipinski definition) is 3. The molecule has 0 fully saturated rings. The molecular weight excluding hydrogens is 324 g/mol. The maximum Gasteiger partial charge on any atom is 0.376 e. The van der Waals surface area contributed by atoms with Gasteiger partial charge in [0.2, 0.25) is 0 Å². The number of rotatable bonds is 4. The molecule has 1 atom stereocenters. The van der Waals surface area contributed by atoms with E-state index in [2.05, 4.69) is 0 Å². The van der Waals surface area contributed by atoms with Gasteiger partial charge >= 0.3 is 6.72 Å². The Balaban J connectivity index is 2.18. The molecule has 0 aliphatic heterocycles. The molecule has 7 heteroatoms. The number of para-hydroxylation sites is 1. The molecule has 0 radical (unpaired) electrons. The quantitative estimate of drug-likeness (QED) is 0.778. The highest BCUT2D eigenvalue weighted by Crippen LogP contribution is 2.57. The topological polar surface area (TPSA) is 52.3 Å². The van der Waals surface area contributed by atoms with E-state index in [4.69, 9.17) is 33.2 Å². The van der Waals surface area contributed by atoms with E-state index < -0.39 is 6.72 Å². The zero-order valence-corrected chi connectivity index (χ0v) is 12.8. The Hall–Kier alpha value is -0.640. The molecule has 3 nitrogen and oxygen atoms in total. The van der Waals surface area contributed by atoms with Gasteiger partial charge in [0.15, 0.2) is 0 Å². The third-order valence-electron chi connectivity index (χ3n) is 2.12. The summed E-state index contributed by atoms with van der Waals surface area (Å²) >= 11 is 12.8. The lowest BCUT2D eigenvalue weighted by atomic mass is 10.3. The van der Waals surface area contributed by atoms with Crippen molar-refractivity contribution >= 4 is 41.3 Å². The number of benzene rings is 2. The molecule has 2 aromatic rings. The molecule has 0 amide bonds. The van der Waals surface area contributed by atoms with Gasteiger partial charge in [-0.1, -0.05) is 47.5 Å². The zero-order valence-electron chi connectivity index (χ0n) is 9.62. The Bertz CT molecular complexity index is 587. The van der Waals surface area contributed by atoms with Gasteiger partial charge in [0.05, 0.1) is 10.0 Å². The minimum absolute atomic E-state index is 0.287. The lowest BCUT2D eigenvalue weighted by molar-refractivity contribution is 0.501. The van der Waals surface area contributed by atoms with Crippen molar-refractivity contribution in [1.82, 2.24) is 0 Å². The Kier molecular flexibility index (Phi) is 4.82. The van der Waals surface area contributed by atoms with Gasteiger partial charge in [-0.25, -0.2) is 10.1 Å². The van der Waals surface area contributed by atoms with Gasteiger partial charge in [-0.3, -0.25) is 0 Å². The van der Waals surface area contributed by atoms with E-state index in [0.717, 1.165) is 11.4 Å². The number of halogens is 2. The number of nitrogens with two attached hydrogens (primary N) is 1. The monoisotopic (exact) mass is 333 g/mol. The lowest BCUT2D eigenvalue weighted by Crippen LogP contribution is -1.99. The highest BCUT2D eigenvalue weighted by molar-refractivity contribution is 8.56. The molecule has 2 N–H and O–H groups in total. The Morgan fingerprint density at radius 1 is 1.00 bits per heavy atom. The minimum atomic E-state index is -3.44. The summed E-state index contributed by atoms with van der Waals surface area (Å²) in [6.45, 7) is -3.44. The van der Waals surface area contributed by atoms with Gasteiger partial charge in [0.25, 0.3) is 0 Å². The summed E-state index contributed by atoms with van der Waals surface area (Å²) < 4.78 is 17.6. The van der Waals surface area contributed by atoms with Gasteiger partial charge < -0.3 is 4.52 Å². The van der Waals surface area contributed by atoms with E-state index in [0.29, 0.717) is 14.9 Å². The largest absolute Gasteiger partial charge is 0.424 e. The molecule has 0 bridgehead atoms. The Morgan fingerprint density at radius 2 is 1.58 bits per heavy atom. The van der Waals surface area contributed by atoms with Crippen LogP contribution in [0.1, 0.15) is 0 Å². The first-order chi connectivity index (χ1) is 8.98. The van der Waals surface area contributed by atoms with E-state index in [-0.39, 0.29) is 5.75 Å². The van der Waals surface area contributed by atoms with Gasteiger partial charge in [-0.15, -0.1) is 0 Å². The summed E-state index contributed by atoms with van der Waals surface area (Å²) in [5.41, 5.74) is 5.70. The van der Waals surface area contributed by atoms with Crippen molar-refractivity contribution in [2.75, 3.05) is 0 Å². The van der Waals surface area contributed by atoms with E-state index in [1.54, 1.807) is 48.5 Å². The van der Waals surface area contributed by atoms with Crippen LogP contribution in [0.2, 0.25) is 10.0 Å². The van der Waals surface area contributed by atoms with Gasteiger partial charge in [0, 0.05) is 4.90 Å². The van der Waals surface area contributed by atoms with Crippen molar-refractivity contribution in [2.24, 2.45) is 5.50 Å². The van der Waals surface area contributed by atoms with Crippen molar-refractivity contribution in [3.8, 4) is 5.75 Å². The highest BCUT2D eigenvalue weighted by Gasteiger charge is 2.23. The number of hydrogen-bond donors (Lipinski definition) is 1. The minimum Gasteiger partial charge on any atom is -0.424 e. The van der Waals surface area contributed by atoms with Crippen molar-refractivity contribution in [2.45, 2.75) is 4.90 Å². The summed E-state index contributed by atoms with van der Waals surface area (Å²) in [6, 6.07) is 13.7. The fourth-order valence-corrected chi connectivity index (χ4v) is 4.66. The predicted molar refractivity (Wildman–Crippen MR) is 81.2 cm³/mol. The zero-order chi connectivity index (χ0) is 13.9. The Labute approximate surface area is 125 Å². The summed E-state index contributed by atoms with van der Waals surface area (Å²) in [5.74, 6) is 0.287. The van der Waals surface area contributed by atoms with Crippen LogP contribution < -0.4 is 10.0 Å². The molecule has 19 heavy (non-hydrogen) atoms. The SMILES string of the molecule is NP(=O)(Oc1ccccc1Cl)Sc1ccccc1Cl. The van der Waals surface area contributed by atoms with E-state index >= 15 is 0 Å². The maximum atomic E-state index is 12.3. The molecule has 0 heterocycles. The van der Waals surface area contributed by atoms with Gasteiger partial charge in [-0.2, -0.15) is 0 Å². The molecule has 1 unspecified atom stereocenters. The molecule has 0 aliphatic carbocycles. The fourth-order valence-electron chi connectivity index (χ4n) is 1.33. The van der Waals surface area contributed by atoms with Crippen LogP contribution >= 0.6 is 41.3 Å². The van der Waals surface area contributed by atoms with Crippen LogP contribution in [-0.2, 0) is 4.57 Å². The van der Waals surface area contributed by atoms with Crippen molar-refractivity contribution in [3.63, 3.8) is 0 Å². The lowest BCUT2D eigenvalue weighted by Gasteiger charge is -2.15. The molecule has 0 aliphatic rings. The van der Waals surface area contributed by atoms with Crippen molar-refractivity contribution in [1.29, 1.82) is 0 Å². The molecule has 0 aromatic heterocycles. The standard InChI is InChI=1S/C12H10Cl2NO2PS/c13-9-5-1-3-7-11(9)17-18(15,16)19-12-8-4-2-6-10(12)14/h1-8H,(H2,15,16). The van der Waals surface area contributed by atoms with Crippen LogP contribution in [0, 0.1) is 0 Å². The third-order valence-corrected chi connectivity index (χ3v) is 5.71. The van der Waals surface area contributed by atoms with Gasteiger partial charge in [0.1, 0.15) is 5.75 Å².